The summed E-state index contributed by atoms with van der Waals surface area (Å²) < 4.78 is 5.59. The number of benzene rings is 1. The highest BCUT2D eigenvalue weighted by atomic mass is 16.5. The van der Waals surface area contributed by atoms with Gasteiger partial charge in [-0.2, -0.15) is 5.26 Å². The number of hydrogen-bond donors (Lipinski definition) is 2. The zero-order chi connectivity index (χ0) is 15.9. The number of ether oxygens (including phenoxy) is 1. The molecule has 2 rings (SSSR count). The maximum absolute atomic E-state index is 11.4. The topological polar surface area (TPSA) is 118 Å². The van der Waals surface area contributed by atoms with Gasteiger partial charge in [-0.25, -0.2) is 0 Å². The summed E-state index contributed by atoms with van der Waals surface area (Å²) in [6, 6.07) is 11.4. The van der Waals surface area contributed by atoms with Gasteiger partial charge < -0.3 is 15.8 Å². The molecule has 2 aromatic rings. The standard InChI is InChI=1S/C15H12N4O3/c16-6-4-14(20)19-10-2-1-3-11(8-10)22-12-5-7-18-13(9-12)15(17)21/h1-3,5,7-9H,4H2,(H2,17,21)(H,19,20). The molecule has 0 atom stereocenters. The molecule has 0 aliphatic rings. The van der Waals surface area contributed by atoms with E-state index in [1.807, 2.05) is 0 Å². The van der Waals surface area contributed by atoms with Crippen LogP contribution in [0.3, 0.4) is 0 Å². The summed E-state index contributed by atoms with van der Waals surface area (Å²) >= 11 is 0. The van der Waals surface area contributed by atoms with Crippen molar-refractivity contribution in [2.45, 2.75) is 6.42 Å². The highest BCUT2D eigenvalue weighted by molar-refractivity contribution is 5.92. The molecule has 0 radical (unpaired) electrons. The van der Waals surface area contributed by atoms with Gasteiger partial charge in [0.25, 0.3) is 5.91 Å². The quantitative estimate of drug-likeness (QED) is 0.872. The number of carbonyl (C=O) groups excluding carboxylic acids is 2. The lowest BCUT2D eigenvalue weighted by Crippen LogP contribution is -2.12. The summed E-state index contributed by atoms with van der Waals surface area (Å²) in [7, 11) is 0. The van der Waals surface area contributed by atoms with E-state index >= 15 is 0 Å². The number of nitrogens with one attached hydrogen (secondary N) is 1. The molecule has 22 heavy (non-hydrogen) atoms. The Morgan fingerprint density at radius 2 is 2.05 bits per heavy atom. The van der Waals surface area contributed by atoms with E-state index in [-0.39, 0.29) is 12.1 Å². The number of aromatic nitrogens is 1. The van der Waals surface area contributed by atoms with Crippen LogP contribution in [-0.4, -0.2) is 16.8 Å². The van der Waals surface area contributed by atoms with Gasteiger partial charge in [0, 0.05) is 24.0 Å². The van der Waals surface area contributed by atoms with Crippen LogP contribution in [0, 0.1) is 11.3 Å². The lowest BCUT2D eigenvalue weighted by molar-refractivity contribution is -0.115. The summed E-state index contributed by atoms with van der Waals surface area (Å²) in [5.74, 6) is -0.205. The SMILES string of the molecule is N#CCC(=O)Nc1cccc(Oc2ccnc(C(N)=O)c2)c1. The van der Waals surface area contributed by atoms with Gasteiger partial charge in [0.1, 0.15) is 23.6 Å². The molecule has 0 bridgehead atoms. The second-order valence-corrected chi connectivity index (χ2v) is 4.25. The van der Waals surface area contributed by atoms with E-state index in [4.69, 9.17) is 15.7 Å². The van der Waals surface area contributed by atoms with Crippen LogP contribution in [0.2, 0.25) is 0 Å². The maximum Gasteiger partial charge on any atom is 0.267 e. The molecule has 7 heteroatoms. The number of pyridine rings is 1. The van der Waals surface area contributed by atoms with Gasteiger partial charge in [0.2, 0.25) is 5.91 Å². The van der Waals surface area contributed by atoms with Gasteiger partial charge in [-0.1, -0.05) is 6.07 Å². The third-order valence-electron chi connectivity index (χ3n) is 2.58. The average molecular weight is 296 g/mol. The fourth-order valence-corrected chi connectivity index (χ4v) is 1.66. The first kappa shape index (κ1) is 15.0. The smallest absolute Gasteiger partial charge is 0.267 e. The number of nitrogens with zero attached hydrogens (tertiary/aromatic N) is 2. The summed E-state index contributed by atoms with van der Waals surface area (Å²) in [5.41, 5.74) is 5.75. The highest BCUT2D eigenvalue weighted by Crippen LogP contribution is 2.24. The van der Waals surface area contributed by atoms with E-state index in [1.54, 1.807) is 36.4 Å². The maximum atomic E-state index is 11.4. The molecule has 1 aromatic heterocycles. The van der Waals surface area contributed by atoms with Crippen molar-refractivity contribution in [3.63, 3.8) is 0 Å². The van der Waals surface area contributed by atoms with E-state index in [9.17, 15) is 9.59 Å². The van der Waals surface area contributed by atoms with Crippen molar-refractivity contribution in [1.29, 1.82) is 5.26 Å². The Balaban J connectivity index is 2.13. The number of anilines is 1. The van der Waals surface area contributed by atoms with Crippen molar-refractivity contribution in [3.05, 3.63) is 48.3 Å². The van der Waals surface area contributed by atoms with Crippen molar-refractivity contribution >= 4 is 17.5 Å². The molecule has 0 unspecified atom stereocenters. The van der Waals surface area contributed by atoms with Gasteiger partial charge in [0.05, 0.1) is 6.07 Å². The fourth-order valence-electron chi connectivity index (χ4n) is 1.66. The van der Waals surface area contributed by atoms with Crippen molar-refractivity contribution in [1.82, 2.24) is 4.98 Å². The van der Waals surface area contributed by atoms with Crippen molar-refractivity contribution in [2.75, 3.05) is 5.32 Å². The van der Waals surface area contributed by atoms with Gasteiger partial charge in [-0.15, -0.1) is 0 Å². The van der Waals surface area contributed by atoms with Crippen molar-refractivity contribution < 1.29 is 14.3 Å². The Labute approximate surface area is 126 Å². The normalized spacial score (nSPS) is 9.59. The van der Waals surface area contributed by atoms with Crippen LogP contribution in [0.4, 0.5) is 5.69 Å². The van der Waals surface area contributed by atoms with Crippen LogP contribution in [0.5, 0.6) is 11.5 Å². The van der Waals surface area contributed by atoms with Crippen molar-refractivity contribution in [2.24, 2.45) is 5.73 Å². The van der Waals surface area contributed by atoms with E-state index < -0.39 is 11.8 Å². The Kier molecular flexibility index (Phi) is 4.67. The summed E-state index contributed by atoms with van der Waals surface area (Å²) in [6.45, 7) is 0. The first-order valence-corrected chi connectivity index (χ1v) is 6.29. The fraction of sp³-hybridized carbons (Fsp3) is 0.0667. The van der Waals surface area contributed by atoms with E-state index in [0.717, 1.165) is 0 Å². The van der Waals surface area contributed by atoms with Crippen LogP contribution in [0.1, 0.15) is 16.9 Å². The van der Waals surface area contributed by atoms with Gasteiger partial charge in [0.15, 0.2) is 0 Å². The minimum Gasteiger partial charge on any atom is -0.457 e. The van der Waals surface area contributed by atoms with E-state index in [1.165, 1.54) is 12.3 Å². The van der Waals surface area contributed by atoms with Gasteiger partial charge >= 0.3 is 0 Å². The molecule has 0 saturated carbocycles. The largest absolute Gasteiger partial charge is 0.457 e. The highest BCUT2D eigenvalue weighted by Gasteiger charge is 2.06. The Bertz CT molecular complexity index is 752. The average Bonchev–Trinajstić information content (AvgIpc) is 2.48. The van der Waals surface area contributed by atoms with Gasteiger partial charge in [-0.3, -0.25) is 14.6 Å². The molecule has 0 aliphatic heterocycles. The number of amides is 2. The van der Waals surface area contributed by atoms with E-state index in [0.29, 0.717) is 17.2 Å². The molecular weight excluding hydrogens is 284 g/mol. The summed E-state index contributed by atoms with van der Waals surface area (Å²) in [5, 5.41) is 11.0. The predicted molar refractivity (Wildman–Crippen MR) is 78.1 cm³/mol. The van der Waals surface area contributed by atoms with Crippen LogP contribution < -0.4 is 15.8 Å². The predicted octanol–water partition coefficient (Wildman–Crippen LogP) is 1.82. The van der Waals surface area contributed by atoms with Gasteiger partial charge in [-0.05, 0) is 18.2 Å². The lowest BCUT2D eigenvalue weighted by atomic mass is 10.3. The molecule has 0 spiro atoms. The molecule has 2 amide bonds. The number of nitriles is 1. The lowest BCUT2D eigenvalue weighted by Gasteiger charge is -2.08. The molecule has 7 nitrogen and oxygen atoms in total. The summed E-state index contributed by atoms with van der Waals surface area (Å²) in [4.78, 5) is 26.3. The van der Waals surface area contributed by atoms with Crippen LogP contribution in [-0.2, 0) is 4.79 Å². The third-order valence-corrected chi connectivity index (χ3v) is 2.58. The minimum absolute atomic E-state index is 0.0935. The first-order chi connectivity index (χ1) is 10.6. The minimum atomic E-state index is -0.650. The summed E-state index contributed by atoms with van der Waals surface area (Å²) in [6.07, 6.45) is 1.19. The molecule has 1 heterocycles. The Morgan fingerprint density at radius 3 is 2.77 bits per heavy atom. The second-order valence-electron chi connectivity index (χ2n) is 4.25. The monoisotopic (exact) mass is 296 g/mol. The van der Waals surface area contributed by atoms with Crippen LogP contribution in [0.25, 0.3) is 0 Å². The van der Waals surface area contributed by atoms with Crippen LogP contribution >= 0.6 is 0 Å². The molecule has 3 N–H and O–H groups in total. The third kappa shape index (κ3) is 4.05. The van der Waals surface area contributed by atoms with Crippen molar-refractivity contribution in [3.8, 4) is 17.6 Å². The number of primary amides is 1. The Hall–Kier alpha value is -3.40. The zero-order valence-electron chi connectivity index (χ0n) is 11.4. The second kappa shape index (κ2) is 6.85. The molecule has 0 saturated heterocycles. The molecule has 1 aromatic carbocycles. The Morgan fingerprint density at radius 1 is 1.27 bits per heavy atom. The number of rotatable bonds is 5. The molecule has 110 valence electrons. The number of hydrogen-bond acceptors (Lipinski definition) is 5. The van der Waals surface area contributed by atoms with E-state index in [2.05, 4.69) is 10.3 Å². The zero-order valence-corrected chi connectivity index (χ0v) is 11.4. The van der Waals surface area contributed by atoms with Crippen LogP contribution in [0.15, 0.2) is 42.6 Å². The molecule has 0 aliphatic carbocycles. The molecular formula is C15H12N4O3. The first-order valence-electron chi connectivity index (χ1n) is 6.29. The number of nitrogens with two attached hydrogens (primary N) is 1. The molecule has 0 fully saturated rings. The number of carbonyl (C=O) groups is 2.